The van der Waals surface area contributed by atoms with Gasteiger partial charge in [-0.05, 0) is 13.0 Å². The summed E-state index contributed by atoms with van der Waals surface area (Å²) >= 11 is 0. The minimum absolute atomic E-state index is 0.0405. The minimum Gasteiger partial charge on any atom is -0.472 e. The monoisotopic (exact) mass is 222 g/mol. The molecule has 0 fully saturated rings. The average Bonchev–Trinajstić information content (AvgIpc) is 2.84. The molecule has 2 heterocycles. The molecule has 0 saturated heterocycles. The van der Waals surface area contributed by atoms with Gasteiger partial charge in [-0.1, -0.05) is 0 Å². The highest BCUT2D eigenvalue weighted by atomic mass is 16.6. The molecule has 0 aliphatic rings. The Morgan fingerprint density at radius 2 is 2.44 bits per heavy atom. The summed E-state index contributed by atoms with van der Waals surface area (Å²) in [5.74, 6) is 0.0405. The van der Waals surface area contributed by atoms with Gasteiger partial charge in [-0.15, -0.1) is 0 Å². The number of hydrogen-bond acceptors (Lipinski definition) is 5. The van der Waals surface area contributed by atoms with Crippen LogP contribution in [0.1, 0.15) is 18.5 Å². The molecule has 2 aromatic rings. The summed E-state index contributed by atoms with van der Waals surface area (Å²) in [6.45, 7) is 1.83. The second-order valence-corrected chi connectivity index (χ2v) is 3.35. The van der Waals surface area contributed by atoms with Crippen molar-refractivity contribution >= 4 is 11.5 Å². The van der Waals surface area contributed by atoms with E-state index in [1.807, 2.05) is 6.92 Å². The quantitative estimate of drug-likeness (QED) is 0.627. The SMILES string of the molecule is CC(c1ccoc1)n1ncc([N+](=O)[O-])c1N. The first-order chi connectivity index (χ1) is 7.61. The molecule has 84 valence electrons. The van der Waals surface area contributed by atoms with E-state index in [9.17, 15) is 10.1 Å². The number of nitrogens with two attached hydrogens (primary N) is 1. The third-order valence-corrected chi connectivity index (χ3v) is 2.40. The molecule has 0 amide bonds. The second-order valence-electron chi connectivity index (χ2n) is 3.35. The molecule has 0 spiro atoms. The predicted octanol–water partition coefficient (Wildman–Crippen LogP) is 1.58. The Balaban J connectivity index is 2.38. The molecule has 0 aromatic carbocycles. The lowest BCUT2D eigenvalue weighted by atomic mass is 10.2. The first-order valence-corrected chi connectivity index (χ1v) is 4.60. The number of nitrogens with zero attached hydrogens (tertiary/aromatic N) is 3. The van der Waals surface area contributed by atoms with Crippen LogP contribution in [-0.2, 0) is 0 Å². The van der Waals surface area contributed by atoms with Gasteiger partial charge < -0.3 is 10.2 Å². The summed E-state index contributed by atoms with van der Waals surface area (Å²) in [6, 6.07) is 1.56. The first kappa shape index (κ1) is 10.2. The van der Waals surface area contributed by atoms with Gasteiger partial charge in [0.2, 0.25) is 5.82 Å². The Labute approximate surface area is 90.6 Å². The molecule has 1 atom stereocenters. The van der Waals surface area contributed by atoms with Crippen LogP contribution >= 0.6 is 0 Å². The molecule has 0 saturated carbocycles. The molecule has 7 heteroatoms. The summed E-state index contributed by atoms with van der Waals surface area (Å²) in [4.78, 5) is 10.0. The van der Waals surface area contributed by atoms with E-state index in [2.05, 4.69) is 5.10 Å². The van der Waals surface area contributed by atoms with Gasteiger partial charge in [0, 0.05) is 5.56 Å². The molecule has 16 heavy (non-hydrogen) atoms. The molecular weight excluding hydrogens is 212 g/mol. The maximum Gasteiger partial charge on any atom is 0.330 e. The Morgan fingerprint density at radius 3 is 2.94 bits per heavy atom. The van der Waals surface area contributed by atoms with Gasteiger partial charge in [0.1, 0.15) is 6.20 Å². The smallest absolute Gasteiger partial charge is 0.330 e. The molecule has 2 aromatic heterocycles. The molecule has 7 nitrogen and oxygen atoms in total. The Kier molecular flexibility index (Phi) is 2.35. The largest absolute Gasteiger partial charge is 0.472 e. The summed E-state index contributed by atoms with van der Waals surface area (Å²) in [5.41, 5.74) is 6.31. The maximum absolute atomic E-state index is 10.6. The van der Waals surface area contributed by atoms with E-state index in [4.69, 9.17) is 10.2 Å². The van der Waals surface area contributed by atoms with E-state index < -0.39 is 4.92 Å². The standard InChI is InChI=1S/C9H10N4O3/c1-6(7-2-3-16-5-7)12-9(10)8(4-11-12)13(14)15/h2-6H,10H2,1H3. The number of anilines is 1. The average molecular weight is 222 g/mol. The summed E-state index contributed by atoms with van der Waals surface area (Å²) < 4.78 is 6.33. The van der Waals surface area contributed by atoms with Gasteiger partial charge >= 0.3 is 5.69 Å². The van der Waals surface area contributed by atoms with Crippen molar-refractivity contribution in [2.75, 3.05) is 5.73 Å². The van der Waals surface area contributed by atoms with E-state index in [1.165, 1.54) is 10.9 Å². The van der Waals surface area contributed by atoms with Gasteiger partial charge in [-0.25, -0.2) is 4.68 Å². The second kappa shape index (κ2) is 3.69. The maximum atomic E-state index is 10.6. The van der Waals surface area contributed by atoms with Crippen molar-refractivity contribution < 1.29 is 9.34 Å². The van der Waals surface area contributed by atoms with Crippen molar-refractivity contribution in [1.29, 1.82) is 0 Å². The number of rotatable bonds is 3. The zero-order valence-corrected chi connectivity index (χ0v) is 8.53. The summed E-state index contributed by atoms with van der Waals surface area (Å²) in [7, 11) is 0. The van der Waals surface area contributed by atoms with Crippen LogP contribution in [0.2, 0.25) is 0 Å². The lowest BCUT2D eigenvalue weighted by Gasteiger charge is -2.10. The molecule has 1 unspecified atom stereocenters. The predicted molar refractivity (Wildman–Crippen MR) is 55.8 cm³/mol. The fourth-order valence-electron chi connectivity index (χ4n) is 1.47. The zero-order valence-electron chi connectivity index (χ0n) is 8.53. The van der Waals surface area contributed by atoms with Crippen LogP contribution in [0.4, 0.5) is 11.5 Å². The van der Waals surface area contributed by atoms with E-state index in [1.54, 1.807) is 12.3 Å². The minimum atomic E-state index is -0.555. The van der Waals surface area contributed by atoms with Gasteiger partial charge in [0.05, 0.1) is 23.5 Å². The van der Waals surface area contributed by atoms with Crippen LogP contribution in [0.5, 0.6) is 0 Å². The Morgan fingerprint density at radius 1 is 1.69 bits per heavy atom. The van der Waals surface area contributed by atoms with E-state index in [-0.39, 0.29) is 17.5 Å². The van der Waals surface area contributed by atoms with Crippen molar-refractivity contribution in [2.45, 2.75) is 13.0 Å². The van der Waals surface area contributed by atoms with Crippen molar-refractivity contribution in [3.8, 4) is 0 Å². The van der Waals surface area contributed by atoms with Crippen LogP contribution < -0.4 is 5.73 Å². The Bertz CT molecular complexity index is 503. The molecule has 0 aliphatic heterocycles. The van der Waals surface area contributed by atoms with Crippen LogP contribution in [0, 0.1) is 10.1 Å². The van der Waals surface area contributed by atoms with Gasteiger partial charge in [-0.3, -0.25) is 10.1 Å². The number of hydrogen-bond donors (Lipinski definition) is 1. The highest BCUT2D eigenvalue weighted by Crippen LogP contribution is 2.26. The van der Waals surface area contributed by atoms with E-state index in [0.717, 1.165) is 11.8 Å². The van der Waals surface area contributed by atoms with Crippen LogP contribution in [0.15, 0.2) is 29.2 Å². The third-order valence-electron chi connectivity index (χ3n) is 2.40. The summed E-state index contributed by atoms with van der Waals surface area (Å²) in [6.07, 6.45) is 4.23. The third kappa shape index (κ3) is 1.52. The number of nitrogen functional groups attached to an aromatic ring is 1. The van der Waals surface area contributed by atoms with Crippen molar-refractivity contribution in [3.63, 3.8) is 0 Å². The molecule has 2 rings (SSSR count). The van der Waals surface area contributed by atoms with Crippen molar-refractivity contribution in [2.24, 2.45) is 0 Å². The fraction of sp³-hybridized carbons (Fsp3) is 0.222. The number of nitro groups is 1. The molecular formula is C9H10N4O3. The lowest BCUT2D eigenvalue weighted by Crippen LogP contribution is -2.11. The number of furan rings is 1. The highest BCUT2D eigenvalue weighted by Gasteiger charge is 2.21. The first-order valence-electron chi connectivity index (χ1n) is 4.60. The molecule has 2 N–H and O–H groups in total. The topological polar surface area (TPSA) is 100 Å². The van der Waals surface area contributed by atoms with E-state index >= 15 is 0 Å². The van der Waals surface area contributed by atoms with Crippen LogP contribution in [-0.4, -0.2) is 14.7 Å². The molecule has 0 aliphatic carbocycles. The lowest BCUT2D eigenvalue weighted by molar-refractivity contribution is -0.384. The highest BCUT2D eigenvalue weighted by molar-refractivity contribution is 5.51. The fourth-order valence-corrected chi connectivity index (χ4v) is 1.47. The van der Waals surface area contributed by atoms with Crippen LogP contribution in [0.25, 0.3) is 0 Å². The normalized spacial score (nSPS) is 12.6. The van der Waals surface area contributed by atoms with Crippen molar-refractivity contribution in [1.82, 2.24) is 9.78 Å². The number of aromatic nitrogens is 2. The molecule has 0 radical (unpaired) electrons. The zero-order chi connectivity index (χ0) is 11.7. The van der Waals surface area contributed by atoms with Gasteiger partial charge in [0.15, 0.2) is 0 Å². The summed E-state index contributed by atoms with van der Waals surface area (Å²) in [5, 5.41) is 14.5. The van der Waals surface area contributed by atoms with Crippen molar-refractivity contribution in [3.05, 3.63) is 40.5 Å². The van der Waals surface area contributed by atoms with Gasteiger partial charge in [0.25, 0.3) is 0 Å². The Hall–Kier alpha value is -2.31. The van der Waals surface area contributed by atoms with Gasteiger partial charge in [-0.2, -0.15) is 5.10 Å². The van der Waals surface area contributed by atoms with Crippen LogP contribution in [0.3, 0.4) is 0 Å². The molecule has 0 bridgehead atoms. The van der Waals surface area contributed by atoms with E-state index in [0.29, 0.717) is 0 Å².